The van der Waals surface area contributed by atoms with Gasteiger partial charge in [0, 0.05) is 22.3 Å². The van der Waals surface area contributed by atoms with Gasteiger partial charge in [-0.2, -0.15) is 0 Å². The molecule has 0 heterocycles. The van der Waals surface area contributed by atoms with Crippen LogP contribution in [0.2, 0.25) is 0 Å². The standard InChI is InChI=1S/C34H18O17/c35-25(13-1-5-17(27(37)38)21(9-13)31(45)46)15-3-7-19(29(41)42)23(11-15)33(49)51-34(50)24-12-16(4-8-20(24)30(43)44)26(36)14-2-6-18(28(39)40)22(10-14)32(47)48/h1-12H,(H,37,38)(H,39,40)(H,41,42)(H,43,44)(H,45,46)(H,47,48). The largest absolute Gasteiger partial charge is 0.478 e. The Morgan fingerprint density at radius 2 is 0.529 bits per heavy atom. The maximum Gasteiger partial charge on any atom is 0.346 e. The van der Waals surface area contributed by atoms with E-state index in [1.165, 1.54) is 0 Å². The molecule has 17 heteroatoms. The van der Waals surface area contributed by atoms with Crippen LogP contribution in [0.4, 0.5) is 0 Å². The van der Waals surface area contributed by atoms with Crippen molar-refractivity contribution in [2.75, 3.05) is 0 Å². The highest BCUT2D eigenvalue weighted by atomic mass is 16.6. The van der Waals surface area contributed by atoms with E-state index in [1.807, 2.05) is 0 Å². The quantitative estimate of drug-likeness (QED) is 0.0702. The molecule has 0 aromatic heterocycles. The average molecular weight is 699 g/mol. The molecule has 0 amide bonds. The first-order valence-corrected chi connectivity index (χ1v) is 13.7. The van der Waals surface area contributed by atoms with Gasteiger partial charge >= 0.3 is 47.8 Å². The molecule has 6 N–H and O–H groups in total. The number of rotatable bonds is 12. The van der Waals surface area contributed by atoms with Gasteiger partial charge in [0.25, 0.3) is 0 Å². The van der Waals surface area contributed by atoms with Gasteiger partial charge in [-0.25, -0.2) is 38.4 Å². The van der Waals surface area contributed by atoms with E-state index in [0.29, 0.717) is 12.1 Å². The molecule has 0 spiro atoms. The third-order valence-corrected chi connectivity index (χ3v) is 7.13. The van der Waals surface area contributed by atoms with Crippen molar-refractivity contribution < 1.29 is 83.3 Å². The van der Waals surface area contributed by atoms with E-state index in [0.717, 1.165) is 60.7 Å². The van der Waals surface area contributed by atoms with E-state index >= 15 is 0 Å². The molecule has 51 heavy (non-hydrogen) atoms. The number of ether oxygens (including phenoxy) is 1. The number of carbonyl (C=O) groups is 10. The number of ketones is 2. The van der Waals surface area contributed by atoms with Crippen molar-refractivity contribution in [3.63, 3.8) is 0 Å². The van der Waals surface area contributed by atoms with Crippen molar-refractivity contribution in [3.8, 4) is 0 Å². The van der Waals surface area contributed by atoms with Crippen LogP contribution in [-0.4, -0.2) is 90.0 Å². The highest BCUT2D eigenvalue weighted by Crippen LogP contribution is 2.23. The maximum absolute atomic E-state index is 13.2. The second-order valence-electron chi connectivity index (χ2n) is 10.2. The van der Waals surface area contributed by atoms with Crippen LogP contribution >= 0.6 is 0 Å². The molecule has 17 nitrogen and oxygen atoms in total. The molecular formula is C34H18O17. The molecule has 0 aliphatic heterocycles. The van der Waals surface area contributed by atoms with E-state index in [4.69, 9.17) is 4.74 Å². The van der Waals surface area contributed by atoms with Crippen LogP contribution in [-0.2, 0) is 4.74 Å². The smallest absolute Gasteiger partial charge is 0.346 e. The number of hydrogen-bond acceptors (Lipinski definition) is 11. The van der Waals surface area contributed by atoms with Crippen molar-refractivity contribution in [1.29, 1.82) is 0 Å². The Hall–Kier alpha value is -7.82. The molecule has 0 aliphatic rings. The van der Waals surface area contributed by atoms with Crippen LogP contribution in [0.5, 0.6) is 0 Å². The normalized spacial score (nSPS) is 10.4. The lowest BCUT2D eigenvalue weighted by atomic mass is 9.95. The molecular weight excluding hydrogens is 680 g/mol. The van der Waals surface area contributed by atoms with E-state index in [9.17, 15) is 78.6 Å². The molecule has 0 saturated heterocycles. The number of carboxylic acids is 6. The monoisotopic (exact) mass is 698 g/mol. The van der Waals surface area contributed by atoms with Gasteiger partial charge in [0.15, 0.2) is 11.6 Å². The Morgan fingerprint density at radius 3 is 0.765 bits per heavy atom. The summed E-state index contributed by atoms with van der Waals surface area (Å²) in [6, 6.07) is 9.91. The van der Waals surface area contributed by atoms with Crippen molar-refractivity contribution in [1.82, 2.24) is 0 Å². The van der Waals surface area contributed by atoms with Gasteiger partial charge in [-0.15, -0.1) is 0 Å². The average Bonchev–Trinajstić information content (AvgIpc) is 3.09. The van der Waals surface area contributed by atoms with Crippen LogP contribution < -0.4 is 0 Å². The van der Waals surface area contributed by atoms with Gasteiger partial charge in [0.2, 0.25) is 0 Å². The second-order valence-corrected chi connectivity index (χ2v) is 10.2. The Labute approximate surface area is 282 Å². The summed E-state index contributed by atoms with van der Waals surface area (Å²) in [6.07, 6.45) is 0. The van der Waals surface area contributed by atoms with E-state index in [-0.39, 0.29) is 11.1 Å². The van der Waals surface area contributed by atoms with Gasteiger partial charge in [-0.05, 0) is 48.5 Å². The van der Waals surface area contributed by atoms with Crippen molar-refractivity contribution in [2.45, 2.75) is 0 Å². The Morgan fingerprint density at radius 1 is 0.314 bits per heavy atom. The molecule has 0 unspecified atom stereocenters. The minimum atomic E-state index is -1.74. The fourth-order valence-corrected chi connectivity index (χ4v) is 4.71. The predicted molar refractivity (Wildman–Crippen MR) is 164 cm³/mol. The first-order valence-electron chi connectivity index (χ1n) is 13.7. The number of carbonyl (C=O) groups excluding carboxylic acids is 4. The highest BCUT2D eigenvalue weighted by Gasteiger charge is 2.28. The molecule has 0 bridgehead atoms. The van der Waals surface area contributed by atoms with Crippen molar-refractivity contribution >= 4 is 59.3 Å². The number of hydrogen-bond donors (Lipinski definition) is 6. The molecule has 4 aromatic carbocycles. The van der Waals surface area contributed by atoms with Gasteiger partial charge in [0.05, 0.1) is 44.5 Å². The fraction of sp³-hybridized carbons (Fsp3) is 0. The second kappa shape index (κ2) is 14.1. The lowest BCUT2D eigenvalue weighted by molar-refractivity contribution is 0.0385. The van der Waals surface area contributed by atoms with Crippen LogP contribution in [0.25, 0.3) is 0 Å². The van der Waals surface area contributed by atoms with E-state index in [1.54, 1.807) is 0 Å². The predicted octanol–water partition coefficient (Wildman–Crippen LogP) is 3.34. The lowest BCUT2D eigenvalue weighted by Gasteiger charge is -2.11. The first kappa shape index (κ1) is 36.0. The zero-order chi connectivity index (χ0) is 37.9. The first-order chi connectivity index (χ1) is 23.9. The summed E-state index contributed by atoms with van der Waals surface area (Å²) < 4.78 is 4.76. The Kier molecular flexibility index (Phi) is 9.97. The fourth-order valence-electron chi connectivity index (χ4n) is 4.71. The minimum Gasteiger partial charge on any atom is -0.478 e. The zero-order valence-electron chi connectivity index (χ0n) is 25.1. The van der Waals surface area contributed by atoms with Gasteiger partial charge in [-0.1, -0.05) is 24.3 Å². The summed E-state index contributed by atoms with van der Waals surface area (Å²) in [5.74, 6) is -15.5. The SMILES string of the molecule is O=C(c1ccc(C(=O)O)c(C(=O)O)c1)c1ccc(C(=O)O)c(C(=O)OC(=O)c2cc(C(=O)c3ccc(C(=O)O)c(C(=O)O)c3)ccc2C(=O)O)c1. The summed E-state index contributed by atoms with van der Waals surface area (Å²) in [7, 11) is 0. The minimum absolute atomic E-state index is 0.378. The summed E-state index contributed by atoms with van der Waals surface area (Å²) >= 11 is 0. The summed E-state index contributed by atoms with van der Waals surface area (Å²) in [5.41, 5.74) is -7.81. The number of benzene rings is 4. The van der Waals surface area contributed by atoms with Gasteiger partial charge in [-0.3, -0.25) is 9.59 Å². The third kappa shape index (κ3) is 7.36. The van der Waals surface area contributed by atoms with E-state index in [2.05, 4.69) is 0 Å². The third-order valence-electron chi connectivity index (χ3n) is 7.13. The van der Waals surface area contributed by atoms with Crippen LogP contribution in [0.1, 0.15) is 115 Å². The highest BCUT2D eigenvalue weighted by molar-refractivity contribution is 6.16. The molecule has 4 aromatic rings. The topological polar surface area (TPSA) is 301 Å². The molecule has 0 saturated carbocycles. The molecule has 0 atom stereocenters. The van der Waals surface area contributed by atoms with Crippen LogP contribution in [0, 0.1) is 0 Å². The zero-order valence-corrected chi connectivity index (χ0v) is 25.1. The van der Waals surface area contributed by atoms with Crippen molar-refractivity contribution in [3.05, 3.63) is 140 Å². The van der Waals surface area contributed by atoms with Gasteiger partial charge in [0.1, 0.15) is 0 Å². The Balaban J connectivity index is 1.72. The molecule has 4 rings (SSSR count). The van der Waals surface area contributed by atoms with E-state index < -0.39 is 115 Å². The number of carboxylic acid groups (broad SMARTS) is 6. The molecule has 0 fully saturated rings. The molecule has 0 radical (unpaired) electrons. The van der Waals surface area contributed by atoms with Gasteiger partial charge < -0.3 is 35.4 Å². The summed E-state index contributed by atoms with van der Waals surface area (Å²) in [5, 5.41) is 56.5. The Bertz CT molecular complexity index is 2120. The lowest BCUT2D eigenvalue weighted by Crippen LogP contribution is -2.20. The summed E-state index contributed by atoms with van der Waals surface area (Å²) in [6.45, 7) is 0. The maximum atomic E-state index is 13.2. The number of esters is 2. The van der Waals surface area contributed by atoms with Crippen LogP contribution in [0.3, 0.4) is 0 Å². The molecule has 0 aliphatic carbocycles. The summed E-state index contributed by atoms with van der Waals surface area (Å²) in [4.78, 5) is 122. The van der Waals surface area contributed by atoms with Crippen LogP contribution in [0.15, 0.2) is 72.8 Å². The van der Waals surface area contributed by atoms with Crippen molar-refractivity contribution in [2.24, 2.45) is 0 Å². The molecule has 256 valence electrons. The number of aromatic carboxylic acids is 6.